The predicted octanol–water partition coefficient (Wildman–Crippen LogP) is 1.80. The highest BCUT2D eigenvalue weighted by molar-refractivity contribution is 5.92. The standard InChI is InChI=1S/C15H19N5O2/c1-10-3-4-14(18-17-10)16-12-5-7-20(8-6-12)15(21)13-9-11(2)22-19-13/h3-4,9,12H,5-8H2,1-2H3,(H,16,18). The summed E-state index contributed by atoms with van der Waals surface area (Å²) in [4.78, 5) is 14.1. The van der Waals surface area contributed by atoms with E-state index in [9.17, 15) is 4.79 Å². The molecule has 0 spiro atoms. The number of carbonyl (C=O) groups is 1. The molecule has 22 heavy (non-hydrogen) atoms. The SMILES string of the molecule is Cc1ccc(NC2CCN(C(=O)c3cc(C)on3)CC2)nn1. The number of nitrogens with zero attached hydrogens (tertiary/aromatic N) is 4. The topological polar surface area (TPSA) is 84.2 Å². The van der Waals surface area contributed by atoms with Crippen LogP contribution < -0.4 is 5.32 Å². The van der Waals surface area contributed by atoms with Crippen LogP contribution in [-0.2, 0) is 0 Å². The Kier molecular flexibility index (Phi) is 4.04. The molecule has 1 fully saturated rings. The Morgan fingerprint density at radius 1 is 1.27 bits per heavy atom. The third-order valence-electron chi connectivity index (χ3n) is 3.78. The van der Waals surface area contributed by atoms with Crippen LogP contribution in [0.3, 0.4) is 0 Å². The molecular formula is C15H19N5O2. The van der Waals surface area contributed by atoms with E-state index >= 15 is 0 Å². The minimum Gasteiger partial charge on any atom is -0.366 e. The molecule has 0 saturated carbocycles. The van der Waals surface area contributed by atoms with Crippen molar-refractivity contribution < 1.29 is 9.32 Å². The van der Waals surface area contributed by atoms with Crippen molar-refractivity contribution in [3.05, 3.63) is 35.3 Å². The molecule has 0 bridgehead atoms. The zero-order chi connectivity index (χ0) is 15.5. The van der Waals surface area contributed by atoms with Gasteiger partial charge in [0.15, 0.2) is 5.69 Å². The number of aryl methyl sites for hydroxylation is 2. The molecule has 2 aromatic rings. The van der Waals surface area contributed by atoms with E-state index < -0.39 is 0 Å². The van der Waals surface area contributed by atoms with Crippen molar-refractivity contribution in [2.45, 2.75) is 32.7 Å². The number of hydrogen-bond donors (Lipinski definition) is 1. The second-order valence-corrected chi connectivity index (χ2v) is 5.59. The van der Waals surface area contributed by atoms with E-state index in [0.717, 1.165) is 24.4 Å². The van der Waals surface area contributed by atoms with Crippen LogP contribution in [0.25, 0.3) is 0 Å². The third-order valence-corrected chi connectivity index (χ3v) is 3.78. The molecule has 0 unspecified atom stereocenters. The zero-order valence-corrected chi connectivity index (χ0v) is 12.7. The average Bonchev–Trinajstić information content (AvgIpc) is 2.96. The largest absolute Gasteiger partial charge is 0.366 e. The van der Waals surface area contributed by atoms with Gasteiger partial charge >= 0.3 is 0 Å². The van der Waals surface area contributed by atoms with Gasteiger partial charge in [0.1, 0.15) is 11.6 Å². The van der Waals surface area contributed by atoms with Gasteiger partial charge in [-0.1, -0.05) is 5.16 Å². The van der Waals surface area contributed by atoms with Crippen LogP contribution in [0, 0.1) is 13.8 Å². The minimum absolute atomic E-state index is 0.0644. The van der Waals surface area contributed by atoms with E-state index in [1.54, 1.807) is 13.0 Å². The first kappa shape index (κ1) is 14.5. The molecule has 1 saturated heterocycles. The molecule has 0 aliphatic carbocycles. The van der Waals surface area contributed by atoms with E-state index in [4.69, 9.17) is 4.52 Å². The first-order valence-electron chi connectivity index (χ1n) is 7.41. The van der Waals surface area contributed by atoms with Crippen molar-refractivity contribution in [3.8, 4) is 0 Å². The molecule has 116 valence electrons. The first-order chi connectivity index (χ1) is 10.6. The molecule has 1 aliphatic rings. The number of hydrogen-bond acceptors (Lipinski definition) is 6. The fourth-order valence-corrected chi connectivity index (χ4v) is 2.54. The smallest absolute Gasteiger partial charge is 0.276 e. The van der Waals surface area contributed by atoms with Crippen molar-refractivity contribution >= 4 is 11.7 Å². The summed E-state index contributed by atoms with van der Waals surface area (Å²) in [6.45, 7) is 5.08. The fraction of sp³-hybridized carbons (Fsp3) is 0.467. The minimum atomic E-state index is -0.0644. The highest BCUT2D eigenvalue weighted by atomic mass is 16.5. The normalized spacial score (nSPS) is 15.8. The van der Waals surface area contributed by atoms with Gasteiger partial charge in [0.2, 0.25) is 0 Å². The summed E-state index contributed by atoms with van der Waals surface area (Å²) in [6.07, 6.45) is 1.75. The number of rotatable bonds is 3. The summed E-state index contributed by atoms with van der Waals surface area (Å²) in [5, 5.41) is 15.3. The molecule has 7 nitrogen and oxygen atoms in total. The van der Waals surface area contributed by atoms with Crippen LogP contribution >= 0.6 is 0 Å². The van der Waals surface area contributed by atoms with Crippen LogP contribution in [-0.4, -0.2) is 45.3 Å². The summed E-state index contributed by atoms with van der Waals surface area (Å²) in [5.41, 5.74) is 1.28. The molecule has 3 rings (SSSR count). The van der Waals surface area contributed by atoms with Crippen molar-refractivity contribution in [3.63, 3.8) is 0 Å². The Morgan fingerprint density at radius 3 is 2.64 bits per heavy atom. The van der Waals surface area contributed by atoms with Crippen molar-refractivity contribution in [1.82, 2.24) is 20.3 Å². The number of nitrogens with one attached hydrogen (secondary N) is 1. The molecular weight excluding hydrogens is 282 g/mol. The van der Waals surface area contributed by atoms with Gasteiger partial charge in [0, 0.05) is 25.2 Å². The first-order valence-corrected chi connectivity index (χ1v) is 7.41. The van der Waals surface area contributed by atoms with Crippen LogP contribution in [0.4, 0.5) is 5.82 Å². The zero-order valence-electron chi connectivity index (χ0n) is 12.7. The van der Waals surface area contributed by atoms with E-state index in [1.807, 2.05) is 24.0 Å². The van der Waals surface area contributed by atoms with Gasteiger partial charge in [-0.2, -0.15) is 5.10 Å². The number of piperidine rings is 1. The van der Waals surface area contributed by atoms with Gasteiger partial charge in [-0.25, -0.2) is 0 Å². The van der Waals surface area contributed by atoms with E-state index in [1.165, 1.54) is 0 Å². The molecule has 1 amide bonds. The molecule has 0 atom stereocenters. The molecule has 2 aromatic heterocycles. The Hall–Kier alpha value is -2.44. The number of anilines is 1. The van der Waals surface area contributed by atoms with E-state index in [2.05, 4.69) is 20.7 Å². The Labute approximate surface area is 128 Å². The van der Waals surface area contributed by atoms with Crippen LogP contribution in [0.2, 0.25) is 0 Å². The number of likely N-dealkylation sites (tertiary alicyclic amines) is 1. The highest BCUT2D eigenvalue weighted by Gasteiger charge is 2.25. The van der Waals surface area contributed by atoms with Gasteiger partial charge in [0.05, 0.1) is 5.69 Å². The number of carbonyl (C=O) groups excluding carboxylic acids is 1. The maximum Gasteiger partial charge on any atom is 0.276 e. The summed E-state index contributed by atoms with van der Waals surface area (Å²) in [7, 11) is 0. The Bertz CT molecular complexity index is 644. The lowest BCUT2D eigenvalue weighted by molar-refractivity contribution is 0.0708. The van der Waals surface area contributed by atoms with Crippen LogP contribution in [0.1, 0.15) is 34.8 Å². The third kappa shape index (κ3) is 3.24. The quantitative estimate of drug-likeness (QED) is 0.930. The maximum absolute atomic E-state index is 12.3. The number of aromatic nitrogens is 3. The van der Waals surface area contributed by atoms with Crippen molar-refractivity contribution in [1.29, 1.82) is 0 Å². The summed E-state index contributed by atoms with van der Waals surface area (Å²) < 4.78 is 4.96. The predicted molar refractivity (Wildman–Crippen MR) is 80.6 cm³/mol. The molecule has 3 heterocycles. The van der Waals surface area contributed by atoms with Crippen molar-refractivity contribution in [2.24, 2.45) is 0 Å². The second-order valence-electron chi connectivity index (χ2n) is 5.59. The highest BCUT2D eigenvalue weighted by Crippen LogP contribution is 2.17. The monoisotopic (exact) mass is 301 g/mol. The fourth-order valence-electron chi connectivity index (χ4n) is 2.54. The van der Waals surface area contributed by atoms with Gasteiger partial charge in [-0.05, 0) is 38.8 Å². The molecule has 0 aromatic carbocycles. The summed E-state index contributed by atoms with van der Waals surface area (Å²) >= 11 is 0. The number of amides is 1. The van der Waals surface area contributed by atoms with E-state index in [-0.39, 0.29) is 5.91 Å². The van der Waals surface area contributed by atoms with E-state index in [0.29, 0.717) is 30.6 Å². The van der Waals surface area contributed by atoms with Crippen LogP contribution in [0.5, 0.6) is 0 Å². The molecule has 7 heteroatoms. The lowest BCUT2D eigenvalue weighted by atomic mass is 10.0. The maximum atomic E-state index is 12.3. The average molecular weight is 301 g/mol. The summed E-state index contributed by atoms with van der Waals surface area (Å²) in [5.74, 6) is 1.37. The molecule has 1 aliphatic heterocycles. The van der Waals surface area contributed by atoms with Gasteiger partial charge in [-0.15, -0.1) is 5.10 Å². The Morgan fingerprint density at radius 2 is 2.05 bits per heavy atom. The van der Waals surface area contributed by atoms with Gasteiger partial charge < -0.3 is 14.7 Å². The van der Waals surface area contributed by atoms with Crippen LogP contribution in [0.15, 0.2) is 22.7 Å². The van der Waals surface area contributed by atoms with Gasteiger partial charge in [0.25, 0.3) is 5.91 Å². The van der Waals surface area contributed by atoms with Gasteiger partial charge in [-0.3, -0.25) is 4.79 Å². The van der Waals surface area contributed by atoms with Crippen molar-refractivity contribution in [2.75, 3.05) is 18.4 Å². The lowest BCUT2D eigenvalue weighted by Gasteiger charge is -2.32. The second kappa shape index (κ2) is 6.13. The molecule has 0 radical (unpaired) electrons. The summed E-state index contributed by atoms with van der Waals surface area (Å²) in [6, 6.07) is 5.84. The Balaban J connectivity index is 1.54. The molecule has 1 N–H and O–H groups in total. The lowest BCUT2D eigenvalue weighted by Crippen LogP contribution is -2.42.